The Labute approximate surface area is 133 Å². The fraction of sp³-hybridized carbons (Fsp3) is 0.150. The molecule has 0 bridgehead atoms. The number of pyridine rings is 1. The van der Waals surface area contributed by atoms with E-state index in [0.717, 1.165) is 0 Å². The van der Waals surface area contributed by atoms with Crippen molar-refractivity contribution in [2.45, 2.75) is 20.8 Å². The molecule has 0 saturated carbocycles. The molecule has 0 radical (unpaired) electrons. The molecule has 0 saturated heterocycles. The molecule has 110 valence electrons. The molecule has 0 atom stereocenters. The lowest BCUT2D eigenvalue weighted by Gasteiger charge is -2.19. The van der Waals surface area contributed by atoms with Crippen LogP contribution >= 0.6 is 7.92 Å². The molecule has 0 aliphatic heterocycles. The number of aryl methyl sites for hydroxylation is 3. The van der Waals surface area contributed by atoms with E-state index in [1.165, 1.54) is 32.7 Å². The average molecular weight is 305 g/mol. The van der Waals surface area contributed by atoms with Crippen molar-refractivity contribution in [1.29, 1.82) is 0 Å². The van der Waals surface area contributed by atoms with Crippen molar-refractivity contribution in [2.75, 3.05) is 0 Å². The molecule has 0 N–H and O–H groups in total. The Kier molecular flexibility index (Phi) is 4.36. The summed E-state index contributed by atoms with van der Waals surface area (Å²) < 4.78 is 0. The molecule has 22 heavy (non-hydrogen) atoms. The Morgan fingerprint density at radius 3 is 1.59 bits per heavy atom. The van der Waals surface area contributed by atoms with Crippen LogP contribution in [0, 0.1) is 20.8 Å². The summed E-state index contributed by atoms with van der Waals surface area (Å²) in [5, 5.41) is 2.70. The summed E-state index contributed by atoms with van der Waals surface area (Å²) in [6, 6.07) is 22.0. The molecular formula is C20H20NP. The van der Waals surface area contributed by atoms with Crippen LogP contribution in [0.5, 0.6) is 0 Å². The molecule has 1 heterocycles. The quantitative estimate of drug-likeness (QED) is 0.671. The van der Waals surface area contributed by atoms with Gasteiger partial charge in [-0.25, -0.2) is 0 Å². The zero-order chi connectivity index (χ0) is 15.5. The van der Waals surface area contributed by atoms with Gasteiger partial charge in [-0.1, -0.05) is 59.7 Å². The number of hydrogen-bond donors (Lipinski definition) is 0. The number of hydrogen-bond acceptors (Lipinski definition) is 1. The molecule has 2 aromatic carbocycles. The highest BCUT2D eigenvalue weighted by Crippen LogP contribution is 2.32. The van der Waals surface area contributed by atoms with Gasteiger partial charge < -0.3 is 0 Å². The second-order valence-electron chi connectivity index (χ2n) is 5.70. The first-order chi connectivity index (χ1) is 10.6. The molecule has 3 rings (SSSR count). The van der Waals surface area contributed by atoms with E-state index < -0.39 is 7.92 Å². The van der Waals surface area contributed by atoms with Gasteiger partial charge in [-0.05, 0) is 49.1 Å². The highest BCUT2D eigenvalue weighted by molar-refractivity contribution is 7.79. The SMILES string of the molecule is Cc1ccc(P(c2ccc(C)cc2)c2cc(C)ccn2)cc1. The lowest BCUT2D eigenvalue weighted by Crippen LogP contribution is -2.23. The second kappa shape index (κ2) is 6.42. The molecule has 0 unspecified atom stereocenters. The third-order valence-electron chi connectivity index (χ3n) is 3.71. The topological polar surface area (TPSA) is 12.9 Å². The first kappa shape index (κ1) is 14.9. The van der Waals surface area contributed by atoms with E-state index in [4.69, 9.17) is 0 Å². The minimum Gasteiger partial charge on any atom is -0.256 e. The summed E-state index contributed by atoms with van der Waals surface area (Å²) in [7, 11) is -0.598. The lowest BCUT2D eigenvalue weighted by atomic mass is 10.2. The minimum absolute atomic E-state index is 0.598. The fourth-order valence-corrected chi connectivity index (χ4v) is 4.68. The summed E-state index contributed by atoms with van der Waals surface area (Å²) in [6.07, 6.45) is 1.92. The molecule has 1 aromatic heterocycles. The molecular weight excluding hydrogens is 285 g/mol. The summed E-state index contributed by atoms with van der Waals surface area (Å²) in [5.74, 6) is 0. The van der Waals surface area contributed by atoms with Crippen LogP contribution < -0.4 is 16.0 Å². The van der Waals surface area contributed by atoms with Crippen LogP contribution in [0.15, 0.2) is 66.9 Å². The van der Waals surface area contributed by atoms with Crippen LogP contribution in [-0.4, -0.2) is 4.98 Å². The normalized spacial score (nSPS) is 10.9. The van der Waals surface area contributed by atoms with Gasteiger partial charge >= 0.3 is 0 Å². The number of rotatable bonds is 3. The summed E-state index contributed by atoms with van der Waals surface area (Å²) >= 11 is 0. The van der Waals surface area contributed by atoms with E-state index in [9.17, 15) is 0 Å². The van der Waals surface area contributed by atoms with Crippen molar-refractivity contribution in [1.82, 2.24) is 4.98 Å². The number of nitrogens with zero attached hydrogens (tertiary/aromatic N) is 1. The van der Waals surface area contributed by atoms with Crippen LogP contribution in [0.3, 0.4) is 0 Å². The van der Waals surface area contributed by atoms with E-state index in [1.807, 2.05) is 6.20 Å². The van der Waals surface area contributed by atoms with E-state index in [1.54, 1.807) is 0 Å². The van der Waals surface area contributed by atoms with Crippen molar-refractivity contribution in [3.05, 3.63) is 83.6 Å². The van der Waals surface area contributed by atoms with E-state index in [2.05, 4.69) is 86.4 Å². The summed E-state index contributed by atoms with van der Waals surface area (Å²) in [6.45, 7) is 6.38. The number of aromatic nitrogens is 1. The van der Waals surface area contributed by atoms with Crippen molar-refractivity contribution in [3.8, 4) is 0 Å². The molecule has 2 heteroatoms. The Morgan fingerprint density at radius 2 is 1.14 bits per heavy atom. The van der Waals surface area contributed by atoms with E-state index >= 15 is 0 Å². The maximum Gasteiger partial charge on any atom is 0.0723 e. The predicted molar refractivity (Wildman–Crippen MR) is 97.2 cm³/mol. The third-order valence-corrected chi connectivity index (χ3v) is 6.05. The lowest BCUT2D eigenvalue weighted by molar-refractivity contribution is 1.34. The predicted octanol–water partition coefficient (Wildman–Crippen LogP) is 3.77. The van der Waals surface area contributed by atoms with Gasteiger partial charge in [0.15, 0.2) is 0 Å². The molecule has 0 fully saturated rings. The van der Waals surface area contributed by atoms with Crippen LogP contribution in [0.1, 0.15) is 16.7 Å². The molecule has 0 aliphatic rings. The number of benzene rings is 2. The zero-order valence-electron chi connectivity index (χ0n) is 13.2. The van der Waals surface area contributed by atoms with Crippen molar-refractivity contribution in [2.24, 2.45) is 0 Å². The van der Waals surface area contributed by atoms with Crippen molar-refractivity contribution < 1.29 is 0 Å². The van der Waals surface area contributed by atoms with Gasteiger partial charge in [0.1, 0.15) is 0 Å². The maximum atomic E-state index is 4.67. The molecule has 0 aliphatic carbocycles. The van der Waals surface area contributed by atoms with Crippen LogP contribution in [0.4, 0.5) is 0 Å². The van der Waals surface area contributed by atoms with Crippen LogP contribution in [0.25, 0.3) is 0 Å². The maximum absolute atomic E-state index is 4.67. The molecule has 0 spiro atoms. The summed E-state index contributed by atoms with van der Waals surface area (Å²) in [4.78, 5) is 4.67. The first-order valence-electron chi connectivity index (χ1n) is 7.49. The van der Waals surface area contributed by atoms with Gasteiger partial charge in [0.2, 0.25) is 0 Å². The molecule has 1 nitrogen and oxygen atoms in total. The smallest absolute Gasteiger partial charge is 0.0723 e. The Morgan fingerprint density at radius 1 is 0.636 bits per heavy atom. The second-order valence-corrected chi connectivity index (χ2v) is 7.86. The van der Waals surface area contributed by atoms with E-state index in [-0.39, 0.29) is 0 Å². The van der Waals surface area contributed by atoms with Gasteiger partial charge in [0, 0.05) is 14.1 Å². The fourth-order valence-electron chi connectivity index (χ4n) is 2.44. The summed E-state index contributed by atoms with van der Waals surface area (Å²) in [5.41, 5.74) is 5.01. The van der Waals surface area contributed by atoms with Crippen LogP contribution in [0.2, 0.25) is 0 Å². The van der Waals surface area contributed by atoms with Gasteiger partial charge in [0.05, 0.1) is 5.44 Å². The van der Waals surface area contributed by atoms with Crippen molar-refractivity contribution >= 4 is 24.0 Å². The molecule has 0 amide bonds. The minimum atomic E-state index is -0.598. The highest BCUT2D eigenvalue weighted by Gasteiger charge is 2.17. The highest BCUT2D eigenvalue weighted by atomic mass is 31.1. The Hall–Kier alpha value is -1.98. The molecule has 3 aromatic rings. The first-order valence-corrected chi connectivity index (χ1v) is 8.84. The Balaban J connectivity index is 2.13. The third kappa shape index (κ3) is 3.26. The van der Waals surface area contributed by atoms with Crippen LogP contribution in [-0.2, 0) is 0 Å². The van der Waals surface area contributed by atoms with Gasteiger partial charge in [-0.2, -0.15) is 0 Å². The standard InChI is InChI=1S/C20H20NP/c1-15-4-8-18(9-5-15)22(19-10-6-16(2)7-11-19)20-14-17(3)12-13-21-20/h4-14H,1-3H3. The van der Waals surface area contributed by atoms with Gasteiger partial charge in [-0.3, -0.25) is 4.98 Å². The van der Waals surface area contributed by atoms with Gasteiger partial charge in [0.25, 0.3) is 0 Å². The Bertz CT molecular complexity index is 715. The zero-order valence-corrected chi connectivity index (χ0v) is 14.1. The van der Waals surface area contributed by atoms with Crippen molar-refractivity contribution in [3.63, 3.8) is 0 Å². The monoisotopic (exact) mass is 305 g/mol. The largest absolute Gasteiger partial charge is 0.256 e. The van der Waals surface area contributed by atoms with E-state index in [0.29, 0.717) is 0 Å². The van der Waals surface area contributed by atoms with Gasteiger partial charge in [-0.15, -0.1) is 0 Å². The average Bonchev–Trinajstić information content (AvgIpc) is 2.51.